The lowest BCUT2D eigenvalue weighted by Gasteiger charge is -2.29. The van der Waals surface area contributed by atoms with Gasteiger partial charge in [0.05, 0.1) is 12.1 Å². The van der Waals surface area contributed by atoms with E-state index in [-0.39, 0.29) is 6.10 Å². The maximum atomic E-state index is 5.81. The molecule has 1 aromatic heterocycles. The predicted octanol–water partition coefficient (Wildman–Crippen LogP) is 2.31. The van der Waals surface area contributed by atoms with E-state index in [4.69, 9.17) is 10.5 Å². The third-order valence-corrected chi connectivity index (χ3v) is 4.24. The van der Waals surface area contributed by atoms with Gasteiger partial charge in [-0.2, -0.15) is 0 Å². The van der Waals surface area contributed by atoms with Crippen molar-refractivity contribution in [3.63, 3.8) is 0 Å². The second-order valence-electron chi connectivity index (χ2n) is 5.40. The van der Waals surface area contributed by atoms with Crippen LogP contribution in [0.3, 0.4) is 0 Å². The summed E-state index contributed by atoms with van der Waals surface area (Å²) < 4.78 is 5.68. The van der Waals surface area contributed by atoms with Crippen LogP contribution in [0.15, 0.2) is 30.5 Å². The van der Waals surface area contributed by atoms with E-state index in [2.05, 4.69) is 42.1 Å². The molecule has 1 aliphatic heterocycles. The van der Waals surface area contributed by atoms with Crippen LogP contribution in [-0.2, 0) is 11.3 Å². The first kappa shape index (κ1) is 13.3. The van der Waals surface area contributed by atoms with Crippen LogP contribution < -0.4 is 10.6 Å². The Bertz CT molecular complexity index is 614. The first-order chi connectivity index (χ1) is 9.72. The number of pyridine rings is 1. The van der Waals surface area contributed by atoms with E-state index in [0.717, 1.165) is 29.8 Å². The minimum Gasteiger partial charge on any atom is -0.376 e. The molecule has 3 rings (SSSR count). The quantitative estimate of drug-likeness (QED) is 0.930. The highest BCUT2D eigenvalue weighted by Gasteiger charge is 2.29. The van der Waals surface area contributed by atoms with Gasteiger partial charge in [0.2, 0.25) is 0 Å². The first-order valence-electron chi connectivity index (χ1n) is 7.13. The van der Waals surface area contributed by atoms with Gasteiger partial charge in [-0.3, -0.25) is 0 Å². The molecule has 0 saturated carbocycles. The van der Waals surface area contributed by atoms with Crippen molar-refractivity contribution >= 4 is 16.6 Å². The number of ether oxygens (including phenoxy) is 1. The molecule has 1 saturated heterocycles. The number of fused-ring (bicyclic) bond motifs is 1. The third-order valence-electron chi connectivity index (χ3n) is 4.24. The summed E-state index contributed by atoms with van der Waals surface area (Å²) in [7, 11) is 2.10. The number of hydrogen-bond donors (Lipinski definition) is 1. The summed E-state index contributed by atoms with van der Waals surface area (Å²) >= 11 is 0. The Kier molecular flexibility index (Phi) is 3.59. The summed E-state index contributed by atoms with van der Waals surface area (Å²) in [4.78, 5) is 6.90. The van der Waals surface area contributed by atoms with Crippen LogP contribution in [0, 0.1) is 0 Å². The van der Waals surface area contributed by atoms with Crippen LogP contribution in [-0.4, -0.2) is 30.8 Å². The summed E-state index contributed by atoms with van der Waals surface area (Å²) in [5.74, 6) is 1.01. The lowest BCUT2D eigenvalue weighted by atomic mass is 10.1. The van der Waals surface area contributed by atoms with E-state index in [0.29, 0.717) is 12.6 Å². The van der Waals surface area contributed by atoms with Gasteiger partial charge in [0.25, 0.3) is 0 Å². The van der Waals surface area contributed by atoms with Crippen molar-refractivity contribution in [1.82, 2.24) is 4.98 Å². The topological polar surface area (TPSA) is 51.4 Å². The minimum absolute atomic E-state index is 0.245. The van der Waals surface area contributed by atoms with Gasteiger partial charge in [0.1, 0.15) is 5.82 Å². The Morgan fingerprint density at radius 1 is 1.35 bits per heavy atom. The van der Waals surface area contributed by atoms with Gasteiger partial charge in [0, 0.05) is 31.8 Å². The zero-order valence-electron chi connectivity index (χ0n) is 12.0. The average molecular weight is 271 g/mol. The number of aromatic nitrogens is 1. The van der Waals surface area contributed by atoms with Crippen LogP contribution >= 0.6 is 0 Å². The molecule has 1 fully saturated rings. The van der Waals surface area contributed by atoms with Crippen molar-refractivity contribution in [3.05, 3.63) is 36.0 Å². The highest BCUT2D eigenvalue weighted by Crippen LogP contribution is 2.30. The summed E-state index contributed by atoms with van der Waals surface area (Å²) in [6, 6.07) is 8.72. The van der Waals surface area contributed by atoms with E-state index >= 15 is 0 Å². The zero-order chi connectivity index (χ0) is 14.1. The SMILES string of the molecule is CC1OCCC1N(C)c1ncc(CN)c2ccccc12. The molecule has 0 aliphatic carbocycles. The van der Waals surface area contributed by atoms with Crippen LogP contribution in [0.2, 0.25) is 0 Å². The average Bonchev–Trinajstić information content (AvgIpc) is 2.91. The minimum atomic E-state index is 0.245. The molecule has 1 aliphatic rings. The molecule has 2 atom stereocenters. The second-order valence-corrected chi connectivity index (χ2v) is 5.40. The molecule has 4 heteroatoms. The Morgan fingerprint density at radius 2 is 2.10 bits per heavy atom. The fourth-order valence-electron chi connectivity index (χ4n) is 3.07. The Morgan fingerprint density at radius 3 is 2.75 bits per heavy atom. The lowest BCUT2D eigenvalue weighted by Crippen LogP contribution is -2.37. The van der Waals surface area contributed by atoms with Gasteiger partial charge in [-0.25, -0.2) is 4.98 Å². The maximum Gasteiger partial charge on any atom is 0.136 e. The number of hydrogen-bond acceptors (Lipinski definition) is 4. The Balaban J connectivity index is 2.07. The summed E-state index contributed by atoms with van der Waals surface area (Å²) in [6.45, 7) is 3.47. The molecule has 0 spiro atoms. The molecule has 1 aromatic carbocycles. The number of nitrogens with two attached hydrogens (primary N) is 1. The van der Waals surface area contributed by atoms with Crippen LogP contribution in [0.4, 0.5) is 5.82 Å². The normalized spacial score (nSPS) is 22.4. The fraction of sp³-hybridized carbons (Fsp3) is 0.438. The van der Waals surface area contributed by atoms with Crippen molar-refractivity contribution in [2.45, 2.75) is 32.0 Å². The monoisotopic (exact) mass is 271 g/mol. The van der Waals surface area contributed by atoms with E-state index < -0.39 is 0 Å². The van der Waals surface area contributed by atoms with Crippen molar-refractivity contribution in [2.75, 3.05) is 18.6 Å². The maximum absolute atomic E-state index is 5.81. The molecule has 4 nitrogen and oxygen atoms in total. The van der Waals surface area contributed by atoms with Crippen LogP contribution in [0.25, 0.3) is 10.8 Å². The smallest absolute Gasteiger partial charge is 0.136 e. The number of nitrogens with zero attached hydrogens (tertiary/aromatic N) is 2. The van der Waals surface area contributed by atoms with Crippen LogP contribution in [0.1, 0.15) is 18.9 Å². The zero-order valence-corrected chi connectivity index (χ0v) is 12.0. The summed E-state index contributed by atoms with van der Waals surface area (Å²) in [5, 5.41) is 2.36. The number of rotatable bonds is 3. The third kappa shape index (κ3) is 2.15. The molecule has 106 valence electrons. The van der Waals surface area contributed by atoms with Gasteiger partial charge in [-0.1, -0.05) is 24.3 Å². The van der Waals surface area contributed by atoms with E-state index in [1.165, 1.54) is 5.39 Å². The van der Waals surface area contributed by atoms with Gasteiger partial charge >= 0.3 is 0 Å². The standard InChI is InChI=1S/C16H21N3O/c1-11-15(7-8-20-11)19(2)16-14-6-4-3-5-13(14)12(9-17)10-18-16/h3-6,10-11,15H,7-9,17H2,1-2H3. The van der Waals surface area contributed by atoms with Gasteiger partial charge in [-0.05, 0) is 24.3 Å². The number of benzene rings is 1. The highest BCUT2D eigenvalue weighted by molar-refractivity contribution is 5.94. The van der Waals surface area contributed by atoms with Crippen molar-refractivity contribution < 1.29 is 4.74 Å². The van der Waals surface area contributed by atoms with Crippen molar-refractivity contribution in [1.29, 1.82) is 0 Å². The largest absolute Gasteiger partial charge is 0.376 e. The number of anilines is 1. The fourth-order valence-corrected chi connectivity index (χ4v) is 3.07. The molecule has 0 bridgehead atoms. The number of likely N-dealkylation sites (N-methyl/N-ethyl adjacent to an activating group) is 1. The van der Waals surface area contributed by atoms with Gasteiger partial charge < -0.3 is 15.4 Å². The molecular weight excluding hydrogens is 250 g/mol. The molecule has 2 N–H and O–H groups in total. The molecule has 20 heavy (non-hydrogen) atoms. The van der Waals surface area contributed by atoms with E-state index in [1.807, 2.05) is 12.3 Å². The molecule has 0 amide bonds. The Hall–Kier alpha value is -1.65. The molecule has 2 heterocycles. The molecule has 2 unspecified atom stereocenters. The molecule has 2 aromatic rings. The molecule has 0 radical (unpaired) electrons. The second kappa shape index (κ2) is 5.38. The van der Waals surface area contributed by atoms with Gasteiger partial charge in [-0.15, -0.1) is 0 Å². The molecular formula is C16H21N3O. The van der Waals surface area contributed by atoms with Gasteiger partial charge in [0.15, 0.2) is 0 Å². The Labute approximate surface area is 119 Å². The first-order valence-corrected chi connectivity index (χ1v) is 7.13. The van der Waals surface area contributed by atoms with Crippen molar-refractivity contribution in [3.8, 4) is 0 Å². The summed E-state index contributed by atoms with van der Waals surface area (Å²) in [5.41, 5.74) is 6.90. The van der Waals surface area contributed by atoms with E-state index in [1.54, 1.807) is 0 Å². The highest BCUT2D eigenvalue weighted by atomic mass is 16.5. The summed E-state index contributed by atoms with van der Waals surface area (Å²) in [6.07, 6.45) is 3.19. The van der Waals surface area contributed by atoms with Crippen LogP contribution in [0.5, 0.6) is 0 Å². The van der Waals surface area contributed by atoms with Crippen molar-refractivity contribution in [2.24, 2.45) is 5.73 Å². The lowest BCUT2D eigenvalue weighted by molar-refractivity contribution is 0.118. The van der Waals surface area contributed by atoms with E-state index in [9.17, 15) is 0 Å². The predicted molar refractivity (Wildman–Crippen MR) is 81.9 cm³/mol.